The number of hydrogen-bond donors (Lipinski definition) is 0. The van der Waals surface area contributed by atoms with E-state index >= 15 is 0 Å². The average molecular weight is 745 g/mol. The van der Waals surface area contributed by atoms with Gasteiger partial charge in [0.2, 0.25) is 0 Å². The first-order chi connectivity index (χ1) is 20.8. The van der Waals surface area contributed by atoms with Gasteiger partial charge in [0, 0.05) is 24.2 Å². The van der Waals surface area contributed by atoms with E-state index in [2.05, 4.69) is 126 Å². The first-order valence-electron chi connectivity index (χ1n) is 14.2. The van der Waals surface area contributed by atoms with Crippen molar-refractivity contribution in [1.82, 2.24) is 23.7 Å². The second-order valence-electron chi connectivity index (χ2n) is 11.8. The number of benzene rings is 3. The topological polar surface area (TPSA) is 49.8 Å². The Morgan fingerprint density at radius 2 is 1.56 bits per heavy atom. The Labute approximate surface area is 261 Å². The number of hydrogen-bond acceptors (Lipinski definition) is 3. The molecule has 3 aromatic carbocycles. The maximum atomic E-state index is 6.48. The second-order valence-corrected chi connectivity index (χ2v) is 12.8. The summed E-state index contributed by atoms with van der Waals surface area (Å²) in [4.78, 5) is 9.08. The number of nitrogens with zero attached hydrogens (tertiary/aromatic N) is 5. The van der Waals surface area contributed by atoms with Gasteiger partial charge in [0.1, 0.15) is 0 Å². The molecule has 43 heavy (non-hydrogen) atoms. The molecule has 0 saturated carbocycles. The zero-order valence-corrected chi connectivity index (χ0v) is 26.7. The van der Waals surface area contributed by atoms with Gasteiger partial charge in [0.25, 0.3) is 0 Å². The molecule has 4 aromatic heterocycles. The van der Waals surface area contributed by atoms with E-state index in [9.17, 15) is 0 Å². The van der Waals surface area contributed by atoms with Crippen LogP contribution in [0, 0.1) is 3.80 Å². The monoisotopic (exact) mass is 744 g/mol. The zero-order chi connectivity index (χ0) is 29.7. The van der Waals surface area contributed by atoms with E-state index in [1.54, 1.807) is 12.4 Å². The van der Waals surface area contributed by atoms with E-state index in [4.69, 9.17) is 9.72 Å². The van der Waals surface area contributed by atoms with E-state index in [1.165, 1.54) is 10.9 Å². The van der Waals surface area contributed by atoms with Crippen molar-refractivity contribution in [2.75, 3.05) is 0 Å². The molecular formula is C36H31N5OPt. The third kappa shape index (κ3) is 5.06. The second kappa shape index (κ2) is 10.6. The Bertz CT molecular complexity index is 2170. The molecule has 0 bridgehead atoms. The van der Waals surface area contributed by atoms with Crippen molar-refractivity contribution >= 4 is 21.8 Å². The number of imidazole rings is 1. The van der Waals surface area contributed by atoms with Crippen LogP contribution in [0.15, 0.2) is 116 Å². The van der Waals surface area contributed by atoms with Crippen molar-refractivity contribution in [1.29, 1.82) is 0 Å². The van der Waals surface area contributed by atoms with E-state index in [0.29, 0.717) is 0 Å². The van der Waals surface area contributed by atoms with Crippen LogP contribution in [0.5, 0.6) is 11.5 Å². The van der Waals surface area contributed by atoms with Crippen molar-refractivity contribution < 1.29 is 24.1 Å². The van der Waals surface area contributed by atoms with Gasteiger partial charge in [-0.25, -0.2) is 0 Å². The van der Waals surface area contributed by atoms with E-state index in [0.717, 1.165) is 54.4 Å². The molecule has 0 spiro atoms. The maximum absolute atomic E-state index is 6.48. The van der Waals surface area contributed by atoms with Crippen molar-refractivity contribution in [3.63, 3.8) is 0 Å². The van der Waals surface area contributed by atoms with Crippen LogP contribution in [0.2, 0.25) is 0 Å². The Kier molecular flexibility index (Phi) is 6.75. The summed E-state index contributed by atoms with van der Waals surface area (Å²) >= 11 is 2.33. The first-order valence-corrected chi connectivity index (χ1v) is 15.3. The van der Waals surface area contributed by atoms with Crippen LogP contribution in [0.1, 0.15) is 26.3 Å². The fourth-order valence-corrected chi connectivity index (χ4v) is 6.11. The minimum absolute atomic E-state index is 0.0374. The number of rotatable bonds is 5. The molecular weight excluding hydrogens is 714 g/mol. The van der Waals surface area contributed by atoms with Gasteiger partial charge in [-0.1, -0.05) is 26.8 Å². The fourth-order valence-electron chi connectivity index (χ4n) is 5.48. The van der Waals surface area contributed by atoms with E-state index in [1.807, 2.05) is 43.7 Å². The first kappa shape index (κ1) is 27.3. The predicted molar refractivity (Wildman–Crippen MR) is 169 cm³/mol. The van der Waals surface area contributed by atoms with Gasteiger partial charge >= 0.3 is 171 Å². The Hall–Kier alpha value is -4.54. The summed E-state index contributed by atoms with van der Waals surface area (Å²) in [5.41, 5.74) is 6.68. The molecule has 7 rings (SSSR count). The molecule has 0 atom stereocenters. The Balaban J connectivity index is 1.35. The summed E-state index contributed by atoms with van der Waals surface area (Å²) in [6.07, 6.45) is 9.65. The molecule has 0 aliphatic heterocycles. The van der Waals surface area contributed by atoms with Crippen LogP contribution in [0.3, 0.4) is 0 Å². The molecule has 0 amide bonds. The van der Waals surface area contributed by atoms with Crippen LogP contribution >= 0.6 is 0 Å². The van der Waals surface area contributed by atoms with Gasteiger partial charge < -0.3 is 0 Å². The van der Waals surface area contributed by atoms with Crippen LogP contribution in [-0.4, -0.2) is 23.7 Å². The molecule has 0 radical (unpaired) electrons. The standard InChI is InChI=1S/C36H31N5O.Pt/c1-36(2,3)27-9-12-33-32(20-27)31-11-10-30(42-29-7-5-6-28(21-29)40-19-18-39(4)24-40)22-34(31)41(33)35-13-8-26(23-38-35)25-14-16-37-17-15-25;/h5-23H,1-4H3;. The number of pyridine rings is 2. The van der Waals surface area contributed by atoms with Crippen LogP contribution < -0.4 is 4.74 Å². The van der Waals surface area contributed by atoms with Crippen molar-refractivity contribution in [2.45, 2.75) is 26.2 Å². The summed E-state index contributed by atoms with van der Waals surface area (Å²) in [5.74, 6) is 2.41. The molecule has 0 unspecified atom stereocenters. The third-order valence-corrected chi connectivity index (χ3v) is 9.17. The molecule has 0 aliphatic rings. The summed E-state index contributed by atoms with van der Waals surface area (Å²) in [6.45, 7) is 6.75. The van der Waals surface area contributed by atoms with Gasteiger partial charge in [-0.05, 0) is 34.7 Å². The number of aryl methyl sites for hydroxylation is 1. The van der Waals surface area contributed by atoms with E-state index in [-0.39, 0.29) is 5.41 Å². The van der Waals surface area contributed by atoms with Gasteiger partial charge in [-0.3, -0.25) is 4.98 Å². The summed E-state index contributed by atoms with van der Waals surface area (Å²) in [6, 6.07) is 29.5. The predicted octanol–water partition coefficient (Wildman–Crippen LogP) is 8.54. The molecule has 0 N–H and O–H groups in total. The van der Waals surface area contributed by atoms with Gasteiger partial charge in [-0.2, -0.15) is 0 Å². The molecule has 7 aromatic rings. The number of fused-ring (bicyclic) bond motifs is 3. The molecule has 7 heteroatoms. The molecule has 0 aliphatic carbocycles. The normalized spacial score (nSPS) is 11.9. The summed E-state index contributed by atoms with van der Waals surface area (Å²) < 4.78 is 14.1. The van der Waals surface area contributed by atoms with Crippen LogP contribution in [-0.2, 0) is 31.8 Å². The SMILES string of the molecule is Cn1ccn(-c2cccc(Oc3ccc4c5cc(C(C)(C)C)ccc5n(-c5ccc(-c6ccncc6)cn5)c4c3)c2)[c]1=[Pt]. The average Bonchev–Trinajstić information content (AvgIpc) is 3.52. The summed E-state index contributed by atoms with van der Waals surface area (Å²) in [5, 5.41) is 2.36. The van der Waals surface area contributed by atoms with Crippen molar-refractivity contribution in [2.24, 2.45) is 7.05 Å². The van der Waals surface area contributed by atoms with Crippen LogP contribution in [0.4, 0.5) is 0 Å². The molecule has 0 fully saturated rings. The van der Waals surface area contributed by atoms with Crippen molar-refractivity contribution in [3.8, 4) is 34.1 Å². The molecule has 0 saturated heterocycles. The molecule has 6 nitrogen and oxygen atoms in total. The van der Waals surface area contributed by atoms with Gasteiger partial charge in [0.15, 0.2) is 0 Å². The number of ether oxygens (including phenoxy) is 1. The van der Waals surface area contributed by atoms with Crippen molar-refractivity contribution in [3.05, 3.63) is 125 Å². The Morgan fingerprint density at radius 1 is 0.744 bits per heavy atom. The molecule has 4 heterocycles. The quantitative estimate of drug-likeness (QED) is 0.178. The summed E-state index contributed by atoms with van der Waals surface area (Å²) in [7, 11) is 2.04. The fraction of sp³-hybridized carbons (Fsp3) is 0.139. The van der Waals surface area contributed by atoms with Gasteiger partial charge in [-0.15, -0.1) is 0 Å². The zero-order valence-electron chi connectivity index (χ0n) is 24.4. The number of aromatic nitrogens is 5. The van der Waals surface area contributed by atoms with E-state index < -0.39 is 0 Å². The van der Waals surface area contributed by atoms with Gasteiger partial charge in [0.05, 0.1) is 0 Å². The molecule has 216 valence electrons. The van der Waals surface area contributed by atoms with Crippen LogP contribution in [0.25, 0.3) is 44.4 Å². The Morgan fingerprint density at radius 3 is 2.28 bits per heavy atom. The third-order valence-electron chi connectivity index (χ3n) is 7.82. The minimum atomic E-state index is 0.0374.